The molecular formula is C14H12ClN3S. The number of aromatic nitrogens is 1. The Balaban J connectivity index is 1.61. The molecule has 0 amide bonds. The highest BCUT2D eigenvalue weighted by atomic mass is 35.5. The van der Waals surface area contributed by atoms with Crippen molar-refractivity contribution < 1.29 is 0 Å². The van der Waals surface area contributed by atoms with Crippen molar-refractivity contribution in [2.75, 3.05) is 5.43 Å². The molecule has 0 aliphatic rings. The zero-order valence-corrected chi connectivity index (χ0v) is 11.6. The zero-order valence-electron chi connectivity index (χ0n) is 10.1. The Morgan fingerprint density at radius 2 is 1.84 bits per heavy atom. The van der Waals surface area contributed by atoms with Crippen molar-refractivity contribution in [3.05, 3.63) is 59.1 Å². The summed E-state index contributed by atoms with van der Waals surface area (Å²) < 4.78 is 1.18. The van der Waals surface area contributed by atoms with Gasteiger partial charge in [0.05, 0.1) is 10.2 Å². The SMILES string of the molecule is Clc1ccc(CNNc2nc3ccccc3s2)cc1. The van der Waals surface area contributed by atoms with Gasteiger partial charge >= 0.3 is 0 Å². The van der Waals surface area contributed by atoms with E-state index < -0.39 is 0 Å². The number of para-hydroxylation sites is 1. The lowest BCUT2D eigenvalue weighted by Crippen LogP contribution is -2.20. The molecule has 0 bridgehead atoms. The normalized spacial score (nSPS) is 10.8. The molecule has 0 fully saturated rings. The first-order valence-electron chi connectivity index (χ1n) is 5.90. The van der Waals surface area contributed by atoms with Crippen LogP contribution in [0.4, 0.5) is 5.13 Å². The van der Waals surface area contributed by atoms with Crippen molar-refractivity contribution in [1.82, 2.24) is 10.4 Å². The third kappa shape index (κ3) is 3.04. The average molecular weight is 290 g/mol. The van der Waals surface area contributed by atoms with E-state index in [4.69, 9.17) is 11.6 Å². The van der Waals surface area contributed by atoms with Gasteiger partial charge in [-0.05, 0) is 29.8 Å². The van der Waals surface area contributed by atoms with Crippen molar-refractivity contribution >= 4 is 38.3 Å². The summed E-state index contributed by atoms with van der Waals surface area (Å²) in [6, 6.07) is 15.9. The van der Waals surface area contributed by atoms with Gasteiger partial charge < -0.3 is 0 Å². The minimum Gasteiger partial charge on any atom is -0.297 e. The molecule has 3 aromatic rings. The van der Waals surface area contributed by atoms with Gasteiger partial charge in [0.1, 0.15) is 0 Å². The molecule has 0 atom stereocenters. The van der Waals surface area contributed by atoms with E-state index in [1.54, 1.807) is 11.3 Å². The van der Waals surface area contributed by atoms with Gasteiger partial charge in [-0.25, -0.2) is 10.4 Å². The molecule has 1 heterocycles. The lowest BCUT2D eigenvalue weighted by atomic mass is 10.2. The topological polar surface area (TPSA) is 37.0 Å². The van der Waals surface area contributed by atoms with Crippen LogP contribution in [0.25, 0.3) is 10.2 Å². The lowest BCUT2D eigenvalue weighted by molar-refractivity contribution is 0.800. The van der Waals surface area contributed by atoms with Gasteiger partial charge in [0.25, 0.3) is 0 Å². The first-order chi connectivity index (χ1) is 9.31. The molecule has 0 spiro atoms. The Morgan fingerprint density at radius 1 is 1.05 bits per heavy atom. The maximum atomic E-state index is 5.84. The second-order valence-corrected chi connectivity index (χ2v) is 5.56. The molecule has 0 saturated carbocycles. The Hall–Kier alpha value is -1.62. The molecule has 19 heavy (non-hydrogen) atoms. The second-order valence-electron chi connectivity index (χ2n) is 4.09. The third-order valence-electron chi connectivity index (χ3n) is 2.69. The molecule has 0 aliphatic heterocycles. The fraction of sp³-hybridized carbons (Fsp3) is 0.0714. The molecule has 0 aliphatic carbocycles. The molecule has 2 N–H and O–H groups in total. The summed E-state index contributed by atoms with van der Waals surface area (Å²) in [5.74, 6) is 0. The molecule has 5 heteroatoms. The largest absolute Gasteiger partial charge is 0.297 e. The predicted octanol–water partition coefficient (Wildman–Crippen LogP) is 4.07. The fourth-order valence-corrected chi connectivity index (χ4v) is 2.72. The van der Waals surface area contributed by atoms with Gasteiger partial charge in [0, 0.05) is 11.6 Å². The summed E-state index contributed by atoms with van der Waals surface area (Å²) in [6.45, 7) is 0.715. The first kappa shape index (κ1) is 12.4. The summed E-state index contributed by atoms with van der Waals surface area (Å²) in [5, 5.41) is 1.62. The van der Waals surface area contributed by atoms with Gasteiger partial charge in [-0.1, -0.05) is 47.2 Å². The molecule has 96 valence electrons. The Kier molecular flexibility index (Phi) is 3.64. The summed E-state index contributed by atoms with van der Waals surface area (Å²) in [6.07, 6.45) is 0. The molecule has 0 saturated heterocycles. The maximum absolute atomic E-state index is 5.84. The van der Waals surface area contributed by atoms with E-state index in [0.717, 1.165) is 21.2 Å². The Labute approximate surface area is 120 Å². The third-order valence-corrected chi connectivity index (χ3v) is 3.90. The van der Waals surface area contributed by atoms with Crippen LogP contribution in [0.15, 0.2) is 48.5 Å². The van der Waals surface area contributed by atoms with Crippen LogP contribution in [0.1, 0.15) is 5.56 Å². The van der Waals surface area contributed by atoms with Crippen LogP contribution in [0.5, 0.6) is 0 Å². The standard InChI is InChI=1S/C14H12ClN3S/c15-11-7-5-10(6-8-11)9-16-18-14-17-12-3-1-2-4-13(12)19-14/h1-8,16H,9H2,(H,17,18). The fourth-order valence-electron chi connectivity index (χ4n) is 1.75. The van der Waals surface area contributed by atoms with Gasteiger partial charge in [-0.15, -0.1) is 0 Å². The minimum absolute atomic E-state index is 0.715. The highest BCUT2D eigenvalue weighted by molar-refractivity contribution is 7.22. The number of anilines is 1. The summed E-state index contributed by atoms with van der Waals surface area (Å²) in [4.78, 5) is 4.48. The lowest BCUT2D eigenvalue weighted by Gasteiger charge is -2.05. The number of thiazole rings is 1. The molecule has 0 unspecified atom stereocenters. The Morgan fingerprint density at radius 3 is 2.63 bits per heavy atom. The van der Waals surface area contributed by atoms with E-state index in [1.807, 2.05) is 42.5 Å². The molecule has 1 aromatic heterocycles. The van der Waals surface area contributed by atoms with Crippen LogP contribution in [0.3, 0.4) is 0 Å². The van der Waals surface area contributed by atoms with Crippen molar-refractivity contribution in [2.45, 2.75) is 6.54 Å². The smallest absolute Gasteiger partial charge is 0.198 e. The maximum Gasteiger partial charge on any atom is 0.198 e. The highest BCUT2D eigenvalue weighted by Gasteiger charge is 2.01. The number of nitrogens with one attached hydrogen (secondary N) is 2. The van der Waals surface area contributed by atoms with Crippen molar-refractivity contribution in [2.24, 2.45) is 0 Å². The van der Waals surface area contributed by atoms with Crippen molar-refractivity contribution in [3.8, 4) is 0 Å². The first-order valence-corrected chi connectivity index (χ1v) is 7.09. The van der Waals surface area contributed by atoms with Gasteiger partial charge in [-0.3, -0.25) is 5.43 Å². The van der Waals surface area contributed by atoms with E-state index in [2.05, 4.69) is 21.9 Å². The molecule has 0 radical (unpaired) electrons. The van der Waals surface area contributed by atoms with E-state index in [1.165, 1.54) is 4.70 Å². The van der Waals surface area contributed by atoms with Gasteiger partial charge in [-0.2, -0.15) is 0 Å². The van der Waals surface area contributed by atoms with E-state index in [9.17, 15) is 0 Å². The molecule has 3 rings (SSSR count). The number of rotatable bonds is 4. The van der Waals surface area contributed by atoms with E-state index >= 15 is 0 Å². The Bertz CT molecular complexity index is 645. The van der Waals surface area contributed by atoms with Crippen LogP contribution in [0.2, 0.25) is 5.02 Å². The van der Waals surface area contributed by atoms with Gasteiger partial charge in [0.2, 0.25) is 0 Å². The molecular weight excluding hydrogens is 278 g/mol. The van der Waals surface area contributed by atoms with Crippen LogP contribution in [0, 0.1) is 0 Å². The minimum atomic E-state index is 0.715. The molecule has 3 nitrogen and oxygen atoms in total. The number of hydrazine groups is 1. The number of nitrogens with zero attached hydrogens (tertiary/aromatic N) is 1. The van der Waals surface area contributed by atoms with E-state index in [0.29, 0.717) is 6.54 Å². The highest BCUT2D eigenvalue weighted by Crippen LogP contribution is 2.24. The van der Waals surface area contributed by atoms with E-state index in [-0.39, 0.29) is 0 Å². The van der Waals surface area contributed by atoms with Gasteiger partial charge in [0.15, 0.2) is 5.13 Å². The predicted molar refractivity (Wildman–Crippen MR) is 81.5 cm³/mol. The van der Waals surface area contributed by atoms with Crippen LogP contribution >= 0.6 is 22.9 Å². The number of hydrogen-bond donors (Lipinski definition) is 2. The second kappa shape index (κ2) is 5.57. The van der Waals surface area contributed by atoms with Crippen molar-refractivity contribution in [3.63, 3.8) is 0 Å². The monoisotopic (exact) mass is 289 g/mol. The number of benzene rings is 2. The summed E-state index contributed by atoms with van der Waals surface area (Å²) in [7, 11) is 0. The van der Waals surface area contributed by atoms with Crippen molar-refractivity contribution in [1.29, 1.82) is 0 Å². The zero-order chi connectivity index (χ0) is 13.1. The molecule has 2 aromatic carbocycles. The summed E-state index contributed by atoms with van der Waals surface area (Å²) >= 11 is 7.47. The number of hydrogen-bond acceptors (Lipinski definition) is 4. The summed E-state index contributed by atoms with van der Waals surface area (Å²) in [5.41, 5.74) is 8.46. The van der Waals surface area contributed by atoms with Crippen LogP contribution in [-0.4, -0.2) is 4.98 Å². The quantitative estimate of drug-likeness (QED) is 0.711. The van der Waals surface area contributed by atoms with Crippen LogP contribution < -0.4 is 10.9 Å². The van der Waals surface area contributed by atoms with Crippen LogP contribution in [-0.2, 0) is 6.54 Å². The number of fused-ring (bicyclic) bond motifs is 1. The number of halogens is 1. The average Bonchev–Trinajstić information content (AvgIpc) is 2.83.